The maximum absolute atomic E-state index is 12.5. The zero-order chi connectivity index (χ0) is 18.4. The van der Waals surface area contributed by atoms with E-state index in [1.54, 1.807) is 18.2 Å². The molecule has 0 spiro atoms. The number of nitrogens with one attached hydrogen (secondary N) is 1. The Balaban J connectivity index is 2.23. The molecule has 1 N–H and O–H groups in total. The highest BCUT2D eigenvalue weighted by Crippen LogP contribution is 2.32. The van der Waals surface area contributed by atoms with E-state index in [0.29, 0.717) is 37.8 Å². The van der Waals surface area contributed by atoms with Gasteiger partial charge in [-0.05, 0) is 17.7 Å². The summed E-state index contributed by atoms with van der Waals surface area (Å²) >= 11 is 0. The summed E-state index contributed by atoms with van der Waals surface area (Å²) in [7, 11) is 2.98. The van der Waals surface area contributed by atoms with Crippen LogP contribution in [0.2, 0.25) is 0 Å². The van der Waals surface area contributed by atoms with Crippen molar-refractivity contribution in [3.63, 3.8) is 0 Å². The molecule has 1 heterocycles. The molecule has 1 aromatic rings. The number of hydrogen-bond acceptors (Lipinski definition) is 5. The molecule has 1 atom stereocenters. The predicted molar refractivity (Wildman–Crippen MR) is 83.7 cm³/mol. The number of morpholine rings is 1. The van der Waals surface area contributed by atoms with E-state index in [9.17, 15) is 18.0 Å². The molecule has 140 valence electrons. The highest BCUT2D eigenvalue weighted by molar-refractivity contribution is 5.81. The van der Waals surface area contributed by atoms with Gasteiger partial charge in [-0.25, -0.2) is 0 Å². The van der Waals surface area contributed by atoms with E-state index in [1.165, 1.54) is 14.2 Å². The number of nitrogens with zero attached hydrogens (tertiary/aromatic N) is 1. The van der Waals surface area contributed by atoms with Gasteiger partial charge in [0.1, 0.15) is 0 Å². The maximum atomic E-state index is 12.5. The summed E-state index contributed by atoms with van der Waals surface area (Å²) in [5, 5.41) is 1.97. The Labute approximate surface area is 143 Å². The lowest BCUT2D eigenvalue weighted by Crippen LogP contribution is -2.46. The van der Waals surface area contributed by atoms with Crippen LogP contribution in [-0.4, -0.2) is 64.1 Å². The van der Waals surface area contributed by atoms with Crippen molar-refractivity contribution >= 4 is 5.91 Å². The first kappa shape index (κ1) is 19.3. The number of hydrogen-bond donors (Lipinski definition) is 1. The Hall–Kier alpha value is -2.00. The van der Waals surface area contributed by atoms with Gasteiger partial charge in [0.15, 0.2) is 11.5 Å². The van der Waals surface area contributed by atoms with E-state index in [-0.39, 0.29) is 6.54 Å². The quantitative estimate of drug-likeness (QED) is 0.836. The number of ether oxygens (including phenoxy) is 3. The summed E-state index contributed by atoms with van der Waals surface area (Å²) < 4.78 is 53.2. The van der Waals surface area contributed by atoms with Gasteiger partial charge < -0.3 is 19.5 Å². The first-order valence-corrected chi connectivity index (χ1v) is 7.75. The number of halogens is 3. The molecule has 25 heavy (non-hydrogen) atoms. The summed E-state index contributed by atoms with van der Waals surface area (Å²) in [6, 6.07) is 4.71. The van der Waals surface area contributed by atoms with Gasteiger partial charge in [-0.15, -0.1) is 0 Å². The van der Waals surface area contributed by atoms with Crippen molar-refractivity contribution in [2.45, 2.75) is 12.2 Å². The molecule has 1 saturated heterocycles. The Morgan fingerprint density at radius 1 is 1.24 bits per heavy atom. The van der Waals surface area contributed by atoms with Crippen molar-refractivity contribution in [2.24, 2.45) is 0 Å². The summed E-state index contributed by atoms with van der Waals surface area (Å²) in [5.74, 6) is -0.960. The van der Waals surface area contributed by atoms with Crippen LogP contribution in [0, 0.1) is 0 Å². The molecule has 1 aliphatic heterocycles. The van der Waals surface area contributed by atoms with Crippen LogP contribution < -0.4 is 14.8 Å². The lowest BCUT2D eigenvalue weighted by atomic mass is 10.0. The van der Waals surface area contributed by atoms with Crippen LogP contribution >= 0.6 is 0 Å². The van der Waals surface area contributed by atoms with Gasteiger partial charge in [0.25, 0.3) is 0 Å². The van der Waals surface area contributed by atoms with Gasteiger partial charge in [0.2, 0.25) is 0 Å². The Morgan fingerprint density at radius 2 is 1.88 bits per heavy atom. The third-order valence-corrected chi connectivity index (χ3v) is 3.99. The number of alkyl halides is 3. The van der Waals surface area contributed by atoms with Crippen LogP contribution in [0.15, 0.2) is 18.2 Å². The average molecular weight is 362 g/mol. The number of rotatable bonds is 6. The van der Waals surface area contributed by atoms with Crippen molar-refractivity contribution in [1.82, 2.24) is 10.2 Å². The largest absolute Gasteiger partial charge is 0.493 e. The van der Waals surface area contributed by atoms with Gasteiger partial charge in [0.05, 0.1) is 33.5 Å². The molecular formula is C16H21F3N2O4. The van der Waals surface area contributed by atoms with E-state index >= 15 is 0 Å². The molecule has 0 aromatic heterocycles. The number of carbonyl (C=O) groups is 1. The third-order valence-electron chi connectivity index (χ3n) is 3.99. The minimum absolute atomic E-state index is 0.173. The molecular weight excluding hydrogens is 341 g/mol. The van der Waals surface area contributed by atoms with Crippen LogP contribution in [0.4, 0.5) is 13.2 Å². The smallest absolute Gasteiger partial charge is 0.471 e. The van der Waals surface area contributed by atoms with Crippen LogP contribution in [-0.2, 0) is 9.53 Å². The monoisotopic (exact) mass is 362 g/mol. The Bertz CT molecular complexity index is 589. The van der Waals surface area contributed by atoms with Crippen LogP contribution in [0.3, 0.4) is 0 Å². The third kappa shape index (κ3) is 4.99. The van der Waals surface area contributed by atoms with E-state index < -0.39 is 18.1 Å². The molecule has 1 fully saturated rings. The summed E-state index contributed by atoms with van der Waals surface area (Å²) in [4.78, 5) is 13.2. The van der Waals surface area contributed by atoms with E-state index in [0.717, 1.165) is 5.56 Å². The number of benzene rings is 1. The normalized spacial score (nSPS) is 17.0. The fraction of sp³-hybridized carbons (Fsp3) is 0.562. The SMILES string of the molecule is COc1ccc([C@H](CNC(=O)C(F)(F)F)N2CCOCC2)cc1OC. The zero-order valence-corrected chi connectivity index (χ0v) is 14.1. The molecule has 0 aliphatic carbocycles. The topological polar surface area (TPSA) is 60.0 Å². The van der Waals surface area contributed by atoms with Crippen molar-refractivity contribution in [3.8, 4) is 11.5 Å². The standard InChI is InChI=1S/C16H21F3N2O4/c1-23-13-4-3-11(9-14(13)24-2)12(21-5-7-25-8-6-21)10-20-15(22)16(17,18)19/h3-4,9,12H,5-8,10H2,1-2H3,(H,20,22)/t12-/m0/s1. The van der Waals surface area contributed by atoms with Gasteiger partial charge in [-0.3, -0.25) is 9.69 Å². The highest BCUT2D eigenvalue weighted by Gasteiger charge is 2.39. The Morgan fingerprint density at radius 3 is 2.44 bits per heavy atom. The van der Waals surface area contributed by atoms with Gasteiger partial charge in [-0.2, -0.15) is 13.2 Å². The second kappa shape index (κ2) is 8.39. The highest BCUT2D eigenvalue weighted by atomic mass is 19.4. The molecule has 0 radical (unpaired) electrons. The fourth-order valence-corrected chi connectivity index (χ4v) is 2.70. The molecule has 6 nitrogen and oxygen atoms in total. The minimum atomic E-state index is -4.91. The van der Waals surface area contributed by atoms with Crippen molar-refractivity contribution in [2.75, 3.05) is 47.1 Å². The average Bonchev–Trinajstić information content (AvgIpc) is 2.61. The van der Waals surface area contributed by atoms with Gasteiger partial charge in [-0.1, -0.05) is 6.07 Å². The number of carbonyl (C=O) groups excluding carboxylic acids is 1. The lowest BCUT2D eigenvalue weighted by Gasteiger charge is -2.35. The fourth-order valence-electron chi connectivity index (χ4n) is 2.70. The number of methoxy groups -OCH3 is 2. The van der Waals surface area contributed by atoms with E-state index in [1.807, 2.05) is 10.2 Å². The first-order chi connectivity index (χ1) is 11.9. The molecule has 1 aliphatic rings. The van der Waals surface area contributed by atoms with Crippen LogP contribution in [0.25, 0.3) is 0 Å². The number of amides is 1. The van der Waals surface area contributed by atoms with Crippen molar-refractivity contribution < 1.29 is 32.2 Å². The van der Waals surface area contributed by atoms with E-state index in [4.69, 9.17) is 14.2 Å². The van der Waals surface area contributed by atoms with Gasteiger partial charge in [0, 0.05) is 19.6 Å². The zero-order valence-electron chi connectivity index (χ0n) is 14.1. The van der Waals surface area contributed by atoms with Crippen LogP contribution in [0.5, 0.6) is 11.5 Å². The molecule has 1 aromatic carbocycles. The minimum Gasteiger partial charge on any atom is -0.493 e. The summed E-state index contributed by atoms with van der Waals surface area (Å²) in [5.41, 5.74) is 0.724. The molecule has 2 rings (SSSR count). The first-order valence-electron chi connectivity index (χ1n) is 7.75. The molecule has 0 unspecified atom stereocenters. The molecule has 1 amide bonds. The van der Waals surface area contributed by atoms with E-state index in [2.05, 4.69) is 0 Å². The predicted octanol–water partition coefficient (Wildman–Crippen LogP) is 1.76. The summed E-state index contributed by atoms with van der Waals surface area (Å²) in [6.45, 7) is 1.91. The maximum Gasteiger partial charge on any atom is 0.471 e. The van der Waals surface area contributed by atoms with Crippen molar-refractivity contribution in [3.05, 3.63) is 23.8 Å². The van der Waals surface area contributed by atoms with Gasteiger partial charge >= 0.3 is 12.1 Å². The second-order valence-corrected chi connectivity index (χ2v) is 5.49. The lowest BCUT2D eigenvalue weighted by molar-refractivity contribution is -0.173. The molecule has 0 bridgehead atoms. The molecule has 9 heteroatoms. The van der Waals surface area contributed by atoms with Crippen molar-refractivity contribution in [1.29, 1.82) is 0 Å². The molecule has 0 saturated carbocycles. The Kier molecular flexibility index (Phi) is 6.49. The second-order valence-electron chi connectivity index (χ2n) is 5.49. The van der Waals surface area contributed by atoms with Crippen LogP contribution in [0.1, 0.15) is 11.6 Å². The summed E-state index contributed by atoms with van der Waals surface area (Å²) in [6.07, 6.45) is -4.91.